The summed E-state index contributed by atoms with van der Waals surface area (Å²) in [5, 5.41) is 1.80. The minimum atomic E-state index is -0.453. The monoisotopic (exact) mass is 367 g/mol. The Morgan fingerprint density at radius 1 is 1.08 bits per heavy atom. The summed E-state index contributed by atoms with van der Waals surface area (Å²) in [5.74, 6) is -0.625. The summed E-state index contributed by atoms with van der Waals surface area (Å²) in [7, 11) is 0. The van der Waals surface area contributed by atoms with Gasteiger partial charge in [-0.15, -0.1) is 11.3 Å². The number of nitrogens with zero attached hydrogens (tertiary/aromatic N) is 1. The Balaban J connectivity index is 1.64. The highest BCUT2D eigenvalue weighted by molar-refractivity contribution is 7.11. The fourth-order valence-electron chi connectivity index (χ4n) is 2.99. The molecular weight excluding hydrogens is 346 g/mol. The van der Waals surface area contributed by atoms with Gasteiger partial charge in [0, 0.05) is 23.5 Å². The summed E-state index contributed by atoms with van der Waals surface area (Å²) in [6, 6.07) is 15.6. The maximum absolute atomic E-state index is 12.5. The van der Waals surface area contributed by atoms with Gasteiger partial charge in [0.2, 0.25) is 5.78 Å². The van der Waals surface area contributed by atoms with Gasteiger partial charge in [-0.3, -0.25) is 4.79 Å². The van der Waals surface area contributed by atoms with Gasteiger partial charge >= 0.3 is 5.97 Å². The number of ketones is 1. The lowest BCUT2D eigenvalue weighted by Gasteiger charge is -2.10. The zero-order chi connectivity index (χ0) is 18.5. The number of benzene rings is 1. The molecule has 3 aromatic rings. The number of thiophene rings is 1. The van der Waals surface area contributed by atoms with E-state index in [1.807, 2.05) is 38.1 Å². The summed E-state index contributed by atoms with van der Waals surface area (Å²) in [6.07, 6.45) is 0.901. The first kappa shape index (κ1) is 18.1. The summed E-state index contributed by atoms with van der Waals surface area (Å²) in [4.78, 5) is 24.9. The van der Waals surface area contributed by atoms with Crippen LogP contribution in [0.3, 0.4) is 0 Å². The van der Waals surface area contributed by atoms with E-state index in [9.17, 15) is 9.59 Å². The third-order valence-corrected chi connectivity index (χ3v) is 5.25. The van der Waals surface area contributed by atoms with Crippen LogP contribution < -0.4 is 0 Å². The van der Waals surface area contributed by atoms with Crippen LogP contribution in [0.5, 0.6) is 0 Å². The first-order chi connectivity index (χ1) is 12.6. The van der Waals surface area contributed by atoms with E-state index in [4.69, 9.17) is 4.74 Å². The molecule has 26 heavy (non-hydrogen) atoms. The minimum Gasteiger partial charge on any atom is -0.453 e. The van der Waals surface area contributed by atoms with E-state index in [0.717, 1.165) is 24.4 Å². The first-order valence-electron chi connectivity index (χ1n) is 8.50. The molecule has 2 aromatic heterocycles. The molecule has 0 aliphatic carbocycles. The molecule has 0 saturated carbocycles. The molecule has 0 bridgehead atoms. The quantitative estimate of drug-likeness (QED) is 0.458. The number of hydrogen-bond acceptors (Lipinski definition) is 4. The second-order valence-corrected chi connectivity index (χ2v) is 7.10. The van der Waals surface area contributed by atoms with Crippen molar-refractivity contribution in [3.8, 4) is 0 Å². The highest BCUT2D eigenvalue weighted by Crippen LogP contribution is 2.18. The zero-order valence-corrected chi connectivity index (χ0v) is 15.7. The van der Waals surface area contributed by atoms with Crippen LogP contribution in [-0.4, -0.2) is 22.9 Å². The molecule has 5 heteroatoms. The van der Waals surface area contributed by atoms with Crippen molar-refractivity contribution >= 4 is 23.1 Å². The van der Waals surface area contributed by atoms with Crippen molar-refractivity contribution in [2.24, 2.45) is 0 Å². The Labute approximate surface area is 157 Å². The topological polar surface area (TPSA) is 48.3 Å². The summed E-state index contributed by atoms with van der Waals surface area (Å²) in [6.45, 7) is 4.50. The van der Waals surface area contributed by atoms with Crippen LogP contribution in [0.4, 0.5) is 0 Å². The van der Waals surface area contributed by atoms with Gasteiger partial charge in [-0.1, -0.05) is 36.4 Å². The number of hydrogen-bond donors (Lipinski definition) is 0. The number of esters is 1. The molecule has 0 aliphatic rings. The maximum Gasteiger partial charge on any atom is 0.348 e. The predicted octanol–water partition coefficient (Wildman–Crippen LogP) is 4.45. The zero-order valence-electron chi connectivity index (χ0n) is 14.9. The van der Waals surface area contributed by atoms with Crippen molar-refractivity contribution in [1.29, 1.82) is 0 Å². The van der Waals surface area contributed by atoms with Gasteiger partial charge in [-0.25, -0.2) is 4.79 Å². The van der Waals surface area contributed by atoms with Gasteiger partial charge in [0.25, 0.3) is 0 Å². The molecule has 0 fully saturated rings. The largest absolute Gasteiger partial charge is 0.453 e. The molecule has 134 valence electrons. The van der Waals surface area contributed by atoms with Crippen molar-refractivity contribution in [2.75, 3.05) is 6.61 Å². The summed E-state index contributed by atoms with van der Waals surface area (Å²) < 4.78 is 7.29. The average molecular weight is 367 g/mol. The smallest absolute Gasteiger partial charge is 0.348 e. The normalized spacial score (nSPS) is 10.7. The van der Waals surface area contributed by atoms with Crippen molar-refractivity contribution in [3.63, 3.8) is 0 Å². The van der Waals surface area contributed by atoms with Crippen molar-refractivity contribution < 1.29 is 14.3 Å². The van der Waals surface area contributed by atoms with E-state index >= 15 is 0 Å². The van der Waals surface area contributed by atoms with E-state index in [1.165, 1.54) is 16.9 Å². The maximum atomic E-state index is 12.5. The number of aromatic nitrogens is 1. The van der Waals surface area contributed by atoms with Crippen molar-refractivity contribution in [2.45, 2.75) is 26.8 Å². The van der Waals surface area contributed by atoms with Gasteiger partial charge in [0.1, 0.15) is 4.88 Å². The third kappa shape index (κ3) is 4.11. The van der Waals surface area contributed by atoms with Crippen LogP contribution in [-0.2, 0) is 17.7 Å². The molecule has 0 N–H and O–H groups in total. The van der Waals surface area contributed by atoms with E-state index in [0.29, 0.717) is 10.4 Å². The molecule has 0 aliphatic heterocycles. The lowest BCUT2D eigenvalue weighted by Crippen LogP contribution is -2.14. The summed E-state index contributed by atoms with van der Waals surface area (Å²) >= 11 is 1.30. The second kappa shape index (κ2) is 8.15. The van der Waals surface area contributed by atoms with Crippen LogP contribution in [0.1, 0.15) is 37.0 Å². The number of carbonyl (C=O) groups is 2. The van der Waals surface area contributed by atoms with Gasteiger partial charge in [0.15, 0.2) is 6.61 Å². The molecule has 0 saturated heterocycles. The molecule has 0 amide bonds. The Bertz CT molecular complexity index is 895. The number of rotatable bonds is 7. The Morgan fingerprint density at radius 2 is 1.85 bits per heavy atom. The number of Topliss-reactive ketones (excluding diaryl/α,β-unsaturated/α-hetero) is 1. The van der Waals surface area contributed by atoms with E-state index in [2.05, 4.69) is 16.7 Å². The molecule has 3 rings (SSSR count). The van der Waals surface area contributed by atoms with Gasteiger partial charge < -0.3 is 9.30 Å². The van der Waals surface area contributed by atoms with Crippen molar-refractivity contribution in [1.82, 2.24) is 4.57 Å². The SMILES string of the molecule is Cc1cc(C(=O)COC(=O)c2cccs2)c(C)n1CCc1ccccc1. The molecule has 1 aromatic carbocycles. The Kier molecular flexibility index (Phi) is 5.68. The van der Waals surface area contributed by atoms with E-state index < -0.39 is 5.97 Å². The predicted molar refractivity (Wildman–Crippen MR) is 103 cm³/mol. The molecule has 0 spiro atoms. The van der Waals surface area contributed by atoms with Crippen LogP contribution >= 0.6 is 11.3 Å². The molecule has 0 unspecified atom stereocenters. The van der Waals surface area contributed by atoms with E-state index in [-0.39, 0.29) is 12.4 Å². The second-order valence-electron chi connectivity index (χ2n) is 6.15. The fourth-order valence-corrected chi connectivity index (χ4v) is 3.60. The van der Waals surface area contributed by atoms with Crippen LogP contribution in [0.2, 0.25) is 0 Å². The highest BCUT2D eigenvalue weighted by atomic mass is 32.1. The lowest BCUT2D eigenvalue weighted by molar-refractivity contribution is 0.0479. The molecule has 0 radical (unpaired) electrons. The van der Waals surface area contributed by atoms with Crippen LogP contribution in [0.25, 0.3) is 0 Å². The Morgan fingerprint density at radius 3 is 2.54 bits per heavy atom. The number of aryl methyl sites for hydroxylation is 2. The number of carbonyl (C=O) groups excluding carboxylic acids is 2. The van der Waals surface area contributed by atoms with Crippen LogP contribution in [0, 0.1) is 13.8 Å². The Hall–Kier alpha value is -2.66. The number of ether oxygens (including phenoxy) is 1. The fraction of sp³-hybridized carbons (Fsp3) is 0.238. The van der Waals surface area contributed by atoms with Crippen LogP contribution in [0.15, 0.2) is 53.9 Å². The lowest BCUT2D eigenvalue weighted by atomic mass is 10.1. The van der Waals surface area contributed by atoms with E-state index in [1.54, 1.807) is 17.5 Å². The molecule has 2 heterocycles. The first-order valence-corrected chi connectivity index (χ1v) is 9.38. The molecule has 0 atom stereocenters. The van der Waals surface area contributed by atoms with Crippen molar-refractivity contribution in [3.05, 3.63) is 81.3 Å². The minimum absolute atomic E-state index is 0.172. The van der Waals surface area contributed by atoms with Gasteiger partial charge in [0.05, 0.1) is 0 Å². The standard InChI is InChI=1S/C21H21NO3S/c1-15-13-18(19(23)14-25-21(24)20-9-6-12-26-20)16(2)22(15)11-10-17-7-4-3-5-8-17/h3-9,12-13H,10-11,14H2,1-2H3. The highest BCUT2D eigenvalue weighted by Gasteiger charge is 2.18. The van der Waals surface area contributed by atoms with Gasteiger partial charge in [-0.2, -0.15) is 0 Å². The molecule has 4 nitrogen and oxygen atoms in total. The summed E-state index contributed by atoms with van der Waals surface area (Å²) in [5.41, 5.74) is 3.83. The molecular formula is C21H21NO3S. The third-order valence-electron chi connectivity index (χ3n) is 4.40. The average Bonchev–Trinajstić information content (AvgIpc) is 3.28. The van der Waals surface area contributed by atoms with Gasteiger partial charge in [-0.05, 0) is 43.3 Å².